The normalized spacial score (nSPS) is 11.8. The van der Waals surface area contributed by atoms with Gasteiger partial charge in [0.25, 0.3) is 0 Å². The van der Waals surface area contributed by atoms with E-state index in [4.69, 9.17) is 14.6 Å². The third-order valence-electron chi connectivity index (χ3n) is 3.35. The molecule has 1 aromatic rings. The van der Waals surface area contributed by atoms with Crippen molar-refractivity contribution in [2.45, 2.75) is 51.7 Å². The van der Waals surface area contributed by atoms with E-state index in [9.17, 15) is 0 Å². The molecule has 0 aromatic heterocycles. The first-order valence-electron chi connectivity index (χ1n) is 7.69. The van der Waals surface area contributed by atoms with E-state index in [1.807, 2.05) is 32.0 Å². The maximum Gasteiger partial charge on any atom is 0.172 e. The Kier molecular flexibility index (Phi) is 8.51. The fourth-order valence-electron chi connectivity index (χ4n) is 2.49. The maximum atomic E-state index is 8.88. The van der Waals surface area contributed by atoms with Gasteiger partial charge >= 0.3 is 0 Å². The summed E-state index contributed by atoms with van der Waals surface area (Å²) < 4.78 is 11.9. The minimum Gasteiger partial charge on any atom is -0.396 e. The van der Waals surface area contributed by atoms with Gasteiger partial charge in [-0.3, -0.25) is 0 Å². The van der Waals surface area contributed by atoms with Crippen molar-refractivity contribution >= 4 is 0 Å². The first kappa shape index (κ1) is 17.2. The molecule has 0 radical (unpaired) electrons. The van der Waals surface area contributed by atoms with Crippen LogP contribution in [0.3, 0.4) is 0 Å². The van der Waals surface area contributed by atoms with Gasteiger partial charge < -0.3 is 14.6 Å². The topological polar surface area (TPSA) is 38.7 Å². The standard InChI is InChI=1S/C17H28O3/c1-3-19-17(20-4-2,13-9-6-10-14-18)15-16-11-7-5-8-12-16/h5,7-8,11-12,18H,3-4,6,9-10,13-15H2,1-2H3. The molecule has 1 aromatic carbocycles. The third-order valence-corrected chi connectivity index (χ3v) is 3.35. The molecule has 0 atom stereocenters. The smallest absolute Gasteiger partial charge is 0.172 e. The van der Waals surface area contributed by atoms with E-state index in [0.717, 1.165) is 32.1 Å². The van der Waals surface area contributed by atoms with E-state index in [-0.39, 0.29) is 6.61 Å². The van der Waals surface area contributed by atoms with E-state index in [2.05, 4.69) is 12.1 Å². The minimum absolute atomic E-state index is 0.259. The van der Waals surface area contributed by atoms with E-state index >= 15 is 0 Å². The van der Waals surface area contributed by atoms with Gasteiger partial charge in [0.15, 0.2) is 5.79 Å². The van der Waals surface area contributed by atoms with Gasteiger partial charge in [-0.15, -0.1) is 0 Å². The summed E-state index contributed by atoms with van der Waals surface area (Å²) in [6, 6.07) is 10.3. The molecule has 0 aliphatic heterocycles. The molecule has 0 spiro atoms. The molecule has 0 aliphatic carbocycles. The zero-order valence-electron chi connectivity index (χ0n) is 12.8. The van der Waals surface area contributed by atoms with Crippen LogP contribution < -0.4 is 0 Å². The van der Waals surface area contributed by atoms with E-state index in [0.29, 0.717) is 13.2 Å². The molecule has 0 saturated heterocycles. The maximum absolute atomic E-state index is 8.88. The van der Waals surface area contributed by atoms with Crippen molar-refractivity contribution in [1.82, 2.24) is 0 Å². The number of rotatable bonds is 11. The van der Waals surface area contributed by atoms with Gasteiger partial charge in [-0.2, -0.15) is 0 Å². The molecule has 1 N–H and O–H groups in total. The summed E-state index contributed by atoms with van der Waals surface area (Å²) in [5.41, 5.74) is 1.23. The predicted octanol–water partition coefficient (Wildman–Crippen LogP) is 3.55. The molecule has 0 unspecified atom stereocenters. The Balaban J connectivity index is 2.69. The SMILES string of the molecule is CCOC(CCCCCO)(Cc1ccccc1)OCC. The molecule has 3 nitrogen and oxygen atoms in total. The summed E-state index contributed by atoms with van der Waals surface area (Å²) in [5, 5.41) is 8.88. The van der Waals surface area contributed by atoms with Crippen molar-refractivity contribution in [3.63, 3.8) is 0 Å². The van der Waals surface area contributed by atoms with Crippen LogP contribution in [-0.4, -0.2) is 30.7 Å². The molecule has 114 valence electrons. The third kappa shape index (κ3) is 6.04. The van der Waals surface area contributed by atoms with Gasteiger partial charge in [0.1, 0.15) is 0 Å². The van der Waals surface area contributed by atoms with Crippen LogP contribution in [0.4, 0.5) is 0 Å². The summed E-state index contributed by atoms with van der Waals surface area (Å²) in [6.07, 6.45) is 4.50. The summed E-state index contributed by atoms with van der Waals surface area (Å²) in [4.78, 5) is 0. The Morgan fingerprint density at radius 1 is 0.950 bits per heavy atom. The van der Waals surface area contributed by atoms with E-state index in [1.54, 1.807) is 0 Å². The highest BCUT2D eigenvalue weighted by Crippen LogP contribution is 2.26. The largest absolute Gasteiger partial charge is 0.396 e. The Bertz CT molecular complexity index is 331. The Labute approximate surface area is 122 Å². The van der Waals surface area contributed by atoms with Crippen LogP contribution in [0.15, 0.2) is 30.3 Å². The quantitative estimate of drug-likeness (QED) is 0.497. The van der Waals surface area contributed by atoms with Crippen molar-refractivity contribution in [2.24, 2.45) is 0 Å². The van der Waals surface area contributed by atoms with Gasteiger partial charge in [-0.25, -0.2) is 0 Å². The van der Waals surface area contributed by atoms with Crippen molar-refractivity contribution in [3.05, 3.63) is 35.9 Å². The van der Waals surface area contributed by atoms with Gasteiger partial charge in [0.05, 0.1) is 0 Å². The number of benzene rings is 1. The van der Waals surface area contributed by atoms with Crippen LogP contribution >= 0.6 is 0 Å². The summed E-state index contributed by atoms with van der Waals surface area (Å²) in [6.45, 7) is 5.56. The Hall–Kier alpha value is -0.900. The van der Waals surface area contributed by atoms with Crippen molar-refractivity contribution in [1.29, 1.82) is 0 Å². The average molecular weight is 280 g/mol. The van der Waals surface area contributed by atoms with Crippen LogP contribution in [0.2, 0.25) is 0 Å². The fraction of sp³-hybridized carbons (Fsp3) is 0.647. The fourth-order valence-corrected chi connectivity index (χ4v) is 2.49. The Morgan fingerprint density at radius 2 is 1.60 bits per heavy atom. The van der Waals surface area contributed by atoms with Crippen LogP contribution in [0.5, 0.6) is 0 Å². The summed E-state index contributed by atoms with van der Waals surface area (Å²) in [7, 11) is 0. The van der Waals surface area contributed by atoms with Crippen molar-refractivity contribution in [2.75, 3.05) is 19.8 Å². The second-order valence-corrected chi connectivity index (χ2v) is 4.97. The molecule has 3 heteroatoms. The summed E-state index contributed by atoms with van der Waals surface area (Å²) in [5.74, 6) is -0.527. The van der Waals surface area contributed by atoms with Gasteiger partial charge in [-0.05, 0) is 32.3 Å². The molecule has 0 amide bonds. The Morgan fingerprint density at radius 3 is 2.15 bits per heavy atom. The molecule has 0 aliphatic rings. The first-order chi connectivity index (χ1) is 9.76. The molecule has 0 saturated carbocycles. The zero-order valence-corrected chi connectivity index (χ0v) is 12.8. The van der Waals surface area contributed by atoms with Crippen LogP contribution in [0.1, 0.15) is 45.1 Å². The molecule has 0 heterocycles. The first-order valence-corrected chi connectivity index (χ1v) is 7.69. The van der Waals surface area contributed by atoms with Gasteiger partial charge in [0, 0.05) is 32.7 Å². The summed E-state index contributed by atoms with van der Waals surface area (Å²) >= 11 is 0. The number of hydrogen-bond donors (Lipinski definition) is 1. The highest BCUT2D eigenvalue weighted by atomic mass is 16.7. The molecule has 0 fully saturated rings. The van der Waals surface area contributed by atoms with Gasteiger partial charge in [-0.1, -0.05) is 36.8 Å². The number of hydrogen-bond acceptors (Lipinski definition) is 3. The molecular weight excluding hydrogens is 252 g/mol. The van der Waals surface area contributed by atoms with Gasteiger partial charge in [0.2, 0.25) is 0 Å². The highest BCUT2D eigenvalue weighted by Gasteiger charge is 2.31. The van der Waals surface area contributed by atoms with E-state index in [1.165, 1.54) is 5.56 Å². The number of unbranched alkanes of at least 4 members (excludes halogenated alkanes) is 2. The molecular formula is C17H28O3. The lowest BCUT2D eigenvalue weighted by Crippen LogP contribution is -2.38. The lowest BCUT2D eigenvalue weighted by atomic mass is 9.98. The number of aliphatic hydroxyl groups excluding tert-OH is 1. The second-order valence-electron chi connectivity index (χ2n) is 4.97. The van der Waals surface area contributed by atoms with Crippen LogP contribution in [-0.2, 0) is 15.9 Å². The van der Waals surface area contributed by atoms with Crippen LogP contribution in [0.25, 0.3) is 0 Å². The van der Waals surface area contributed by atoms with Crippen LogP contribution in [0, 0.1) is 0 Å². The zero-order chi connectivity index (χ0) is 14.7. The minimum atomic E-state index is -0.527. The molecule has 0 bridgehead atoms. The molecule has 1 rings (SSSR count). The number of aliphatic hydroxyl groups is 1. The lowest BCUT2D eigenvalue weighted by molar-refractivity contribution is -0.236. The van der Waals surface area contributed by atoms with E-state index < -0.39 is 5.79 Å². The predicted molar refractivity (Wildman–Crippen MR) is 81.7 cm³/mol. The molecule has 20 heavy (non-hydrogen) atoms. The average Bonchev–Trinajstić information content (AvgIpc) is 2.45. The monoisotopic (exact) mass is 280 g/mol. The lowest BCUT2D eigenvalue weighted by Gasteiger charge is -2.33. The van der Waals surface area contributed by atoms with Crippen molar-refractivity contribution < 1.29 is 14.6 Å². The number of ether oxygens (including phenoxy) is 2. The highest BCUT2D eigenvalue weighted by molar-refractivity contribution is 5.16. The van der Waals surface area contributed by atoms with Crippen molar-refractivity contribution in [3.8, 4) is 0 Å². The second kappa shape index (κ2) is 9.92.